The fourth-order valence-corrected chi connectivity index (χ4v) is 5.07. The summed E-state index contributed by atoms with van der Waals surface area (Å²) < 4.78 is 39.8. The molecule has 0 spiro atoms. The first-order valence-corrected chi connectivity index (χ1v) is 13.6. The summed E-state index contributed by atoms with van der Waals surface area (Å²) in [4.78, 5) is 9.41. The molecule has 2 aromatic rings. The van der Waals surface area contributed by atoms with E-state index >= 15 is 0 Å². The van der Waals surface area contributed by atoms with Gasteiger partial charge < -0.3 is 18.9 Å². The molecular weight excluding hydrogens is 444 g/mol. The lowest BCUT2D eigenvalue weighted by molar-refractivity contribution is 0.0297. The molecular formula is C23H34N4O5S. The van der Waals surface area contributed by atoms with Crippen LogP contribution in [0.2, 0.25) is 0 Å². The van der Waals surface area contributed by atoms with Gasteiger partial charge in [0.05, 0.1) is 31.3 Å². The number of ether oxygens (including phenoxy) is 2. The number of piperidine rings is 1. The number of anilines is 1. The quantitative estimate of drug-likeness (QED) is 0.539. The molecule has 33 heavy (non-hydrogen) atoms. The number of benzene rings is 1. The zero-order chi connectivity index (χ0) is 23.3. The Hall–Kier alpha value is -2.17. The zero-order valence-electron chi connectivity index (χ0n) is 19.5. The number of nitrogens with zero attached hydrogens (tertiary/aromatic N) is 4. The highest BCUT2D eigenvalue weighted by molar-refractivity contribution is 7.90. The molecule has 1 aromatic heterocycles. The molecule has 9 nitrogen and oxygen atoms in total. The molecule has 2 aliphatic rings. The van der Waals surface area contributed by atoms with E-state index in [1.807, 2.05) is 0 Å². The summed E-state index contributed by atoms with van der Waals surface area (Å²) in [6.07, 6.45) is 4.36. The smallest absolute Gasteiger partial charge is 0.266 e. The van der Waals surface area contributed by atoms with Gasteiger partial charge in [-0.15, -0.1) is 0 Å². The van der Waals surface area contributed by atoms with E-state index in [0.717, 1.165) is 58.7 Å². The van der Waals surface area contributed by atoms with Gasteiger partial charge in [-0.2, -0.15) is 4.98 Å². The SMILES string of the molecule is C[C@H](CCOc1ccc(S(C)(=O)=O)cc1)C1CCN(c2noc(CN3CCOCC3)n2)CC1. The maximum absolute atomic E-state index is 11.6. The Bertz CT molecular complexity index is 981. The van der Waals surface area contributed by atoms with Crippen LogP contribution in [-0.2, 0) is 21.1 Å². The van der Waals surface area contributed by atoms with Crippen LogP contribution in [0.3, 0.4) is 0 Å². The van der Waals surface area contributed by atoms with Crippen molar-refractivity contribution in [1.29, 1.82) is 0 Å². The van der Waals surface area contributed by atoms with Gasteiger partial charge in [0, 0.05) is 32.4 Å². The van der Waals surface area contributed by atoms with E-state index in [1.54, 1.807) is 24.3 Å². The molecule has 0 saturated carbocycles. The summed E-state index contributed by atoms with van der Waals surface area (Å²) >= 11 is 0. The average molecular weight is 479 g/mol. The average Bonchev–Trinajstić information content (AvgIpc) is 3.28. The van der Waals surface area contributed by atoms with E-state index in [1.165, 1.54) is 6.26 Å². The van der Waals surface area contributed by atoms with E-state index < -0.39 is 9.84 Å². The molecule has 2 saturated heterocycles. The highest BCUT2D eigenvalue weighted by atomic mass is 32.2. The highest BCUT2D eigenvalue weighted by Gasteiger charge is 2.26. The van der Waals surface area contributed by atoms with Crippen molar-refractivity contribution in [3.8, 4) is 5.75 Å². The van der Waals surface area contributed by atoms with E-state index in [4.69, 9.17) is 14.0 Å². The van der Waals surface area contributed by atoms with Crippen LogP contribution in [0.25, 0.3) is 0 Å². The summed E-state index contributed by atoms with van der Waals surface area (Å²) in [5.41, 5.74) is 0. The summed E-state index contributed by atoms with van der Waals surface area (Å²) in [5, 5.41) is 4.20. The van der Waals surface area contributed by atoms with E-state index in [-0.39, 0.29) is 0 Å². The molecule has 0 bridgehead atoms. The molecule has 1 aromatic carbocycles. The van der Waals surface area contributed by atoms with Gasteiger partial charge in [0.2, 0.25) is 5.89 Å². The lowest BCUT2D eigenvalue weighted by atomic mass is 9.84. The standard InChI is InChI=1S/C23H34N4O5S/c1-18(9-14-31-20-3-5-21(6-4-20)33(2,28)29)19-7-10-27(11-8-19)23-24-22(32-25-23)17-26-12-15-30-16-13-26/h3-6,18-19H,7-17H2,1-2H3/t18-/m1/s1. The van der Waals surface area contributed by atoms with Crippen LogP contribution in [0.4, 0.5) is 5.95 Å². The van der Waals surface area contributed by atoms with Crippen LogP contribution in [0, 0.1) is 11.8 Å². The second-order valence-electron chi connectivity index (χ2n) is 9.06. The highest BCUT2D eigenvalue weighted by Crippen LogP contribution is 2.29. The van der Waals surface area contributed by atoms with Gasteiger partial charge in [-0.05, 0) is 60.5 Å². The summed E-state index contributed by atoms with van der Waals surface area (Å²) in [5.74, 6) is 3.26. The number of rotatable bonds is 9. The van der Waals surface area contributed by atoms with E-state index in [9.17, 15) is 8.42 Å². The minimum Gasteiger partial charge on any atom is -0.494 e. The lowest BCUT2D eigenvalue weighted by Crippen LogP contribution is -2.37. The fourth-order valence-electron chi connectivity index (χ4n) is 4.44. The van der Waals surface area contributed by atoms with Crippen molar-refractivity contribution in [2.24, 2.45) is 11.8 Å². The fraction of sp³-hybridized carbons (Fsp3) is 0.652. The van der Waals surface area contributed by atoms with Crippen LogP contribution in [0.1, 0.15) is 32.1 Å². The molecule has 0 amide bonds. The normalized spacial score (nSPS) is 19.5. The molecule has 10 heteroatoms. The van der Waals surface area contributed by atoms with Crippen molar-refractivity contribution >= 4 is 15.8 Å². The van der Waals surface area contributed by atoms with Crippen LogP contribution in [0.5, 0.6) is 5.75 Å². The van der Waals surface area contributed by atoms with Crippen molar-refractivity contribution in [2.45, 2.75) is 37.6 Å². The van der Waals surface area contributed by atoms with Gasteiger partial charge in [-0.1, -0.05) is 6.92 Å². The second kappa shape index (κ2) is 10.8. The van der Waals surface area contributed by atoms with Crippen molar-refractivity contribution in [3.05, 3.63) is 30.2 Å². The third-order valence-corrected chi connectivity index (χ3v) is 7.77. The first-order chi connectivity index (χ1) is 15.9. The number of sulfone groups is 1. The summed E-state index contributed by atoms with van der Waals surface area (Å²) in [6, 6.07) is 6.62. The monoisotopic (exact) mass is 478 g/mol. The van der Waals surface area contributed by atoms with Crippen molar-refractivity contribution in [3.63, 3.8) is 0 Å². The van der Waals surface area contributed by atoms with Gasteiger partial charge >= 0.3 is 0 Å². The van der Waals surface area contributed by atoms with Gasteiger partial charge in [0.1, 0.15) is 5.75 Å². The summed E-state index contributed by atoms with van der Waals surface area (Å²) in [7, 11) is -3.18. The Labute approximate surface area is 196 Å². The minimum absolute atomic E-state index is 0.310. The number of hydrogen-bond acceptors (Lipinski definition) is 9. The molecule has 4 rings (SSSR count). The second-order valence-corrected chi connectivity index (χ2v) is 11.1. The zero-order valence-corrected chi connectivity index (χ0v) is 20.3. The Kier molecular flexibility index (Phi) is 7.87. The van der Waals surface area contributed by atoms with Crippen LogP contribution < -0.4 is 9.64 Å². The number of morpholine rings is 1. The van der Waals surface area contributed by atoms with Gasteiger partial charge in [0.25, 0.3) is 5.95 Å². The number of hydrogen-bond donors (Lipinski definition) is 0. The van der Waals surface area contributed by atoms with Gasteiger partial charge in [-0.25, -0.2) is 8.42 Å². The van der Waals surface area contributed by atoms with E-state index in [0.29, 0.717) is 47.5 Å². The van der Waals surface area contributed by atoms with Crippen LogP contribution in [-0.4, -0.2) is 75.7 Å². The maximum Gasteiger partial charge on any atom is 0.266 e. The predicted octanol–water partition coefficient (Wildman–Crippen LogP) is 2.63. The Balaban J connectivity index is 1.18. The Morgan fingerprint density at radius 1 is 1.12 bits per heavy atom. The molecule has 2 aliphatic heterocycles. The van der Waals surface area contributed by atoms with E-state index in [2.05, 4.69) is 26.9 Å². The van der Waals surface area contributed by atoms with Crippen LogP contribution in [0.15, 0.2) is 33.7 Å². The van der Waals surface area contributed by atoms with Crippen molar-refractivity contribution in [1.82, 2.24) is 15.0 Å². The molecule has 182 valence electrons. The molecule has 2 fully saturated rings. The molecule has 3 heterocycles. The van der Waals surface area contributed by atoms with Crippen molar-refractivity contribution in [2.75, 3.05) is 57.2 Å². The lowest BCUT2D eigenvalue weighted by Gasteiger charge is -2.34. The topological polar surface area (TPSA) is 98.0 Å². The van der Waals surface area contributed by atoms with Gasteiger partial charge in [0.15, 0.2) is 9.84 Å². The van der Waals surface area contributed by atoms with Crippen molar-refractivity contribution < 1.29 is 22.4 Å². The molecule has 0 radical (unpaired) electrons. The molecule has 0 aliphatic carbocycles. The summed E-state index contributed by atoms with van der Waals surface area (Å²) in [6.45, 7) is 8.76. The molecule has 0 unspecified atom stereocenters. The molecule has 0 N–H and O–H groups in total. The van der Waals surface area contributed by atoms with Gasteiger partial charge in [-0.3, -0.25) is 4.90 Å². The predicted molar refractivity (Wildman–Crippen MR) is 124 cm³/mol. The third kappa shape index (κ3) is 6.68. The van der Waals surface area contributed by atoms with Crippen LogP contribution >= 0.6 is 0 Å². The number of aromatic nitrogens is 2. The Morgan fingerprint density at radius 3 is 2.48 bits per heavy atom. The first kappa shape index (κ1) is 24.0. The molecule has 1 atom stereocenters. The Morgan fingerprint density at radius 2 is 1.82 bits per heavy atom. The maximum atomic E-state index is 11.6. The first-order valence-electron chi connectivity index (χ1n) is 11.7. The minimum atomic E-state index is -3.18. The largest absolute Gasteiger partial charge is 0.494 e. The third-order valence-electron chi connectivity index (χ3n) is 6.64.